The lowest BCUT2D eigenvalue weighted by Crippen LogP contribution is -2.30. The van der Waals surface area contributed by atoms with Crippen molar-refractivity contribution < 1.29 is 23.8 Å². The largest absolute Gasteiger partial charge is 0.486 e. The fourth-order valence-corrected chi connectivity index (χ4v) is 2.81. The van der Waals surface area contributed by atoms with Gasteiger partial charge < -0.3 is 19.5 Å². The number of benzene rings is 1. The molecule has 2 aromatic rings. The summed E-state index contributed by atoms with van der Waals surface area (Å²) in [5.74, 6) is 0.256. The van der Waals surface area contributed by atoms with E-state index in [1.807, 2.05) is 0 Å². The molecule has 3 rings (SSSR count). The van der Waals surface area contributed by atoms with Gasteiger partial charge in [-0.05, 0) is 30.7 Å². The molecule has 1 aromatic heterocycles. The van der Waals surface area contributed by atoms with E-state index in [1.165, 1.54) is 19.2 Å². The second-order valence-corrected chi connectivity index (χ2v) is 6.60. The Labute approximate surface area is 165 Å². The predicted octanol–water partition coefficient (Wildman–Crippen LogP) is 3.27. The van der Waals surface area contributed by atoms with Crippen LogP contribution in [0.15, 0.2) is 30.5 Å². The number of amides is 1. The maximum Gasteiger partial charge on any atom is 0.311 e. The van der Waals surface area contributed by atoms with Crippen molar-refractivity contribution in [2.75, 3.05) is 18.5 Å². The molecule has 1 atom stereocenters. The van der Waals surface area contributed by atoms with Crippen LogP contribution >= 0.6 is 23.2 Å². The Kier molecular flexibility index (Phi) is 6.03. The van der Waals surface area contributed by atoms with Crippen LogP contribution < -0.4 is 14.8 Å². The number of aromatic nitrogens is 1. The summed E-state index contributed by atoms with van der Waals surface area (Å²) in [6.07, 6.45) is 0.318. The summed E-state index contributed by atoms with van der Waals surface area (Å²) in [7, 11) is 0. The van der Waals surface area contributed by atoms with Gasteiger partial charge >= 0.3 is 5.97 Å². The summed E-state index contributed by atoms with van der Waals surface area (Å²) in [5.41, 5.74) is 0.694. The van der Waals surface area contributed by atoms with Gasteiger partial charge in [-0.15, -0.1) is 0 Å². The minimum Gasteiger partial charge on any atom is -0.486 e. The van der Waals surface area contributed by atoms with Crippen molar-refractivity contribution in [2.24, 2.45) is 0 Å². The van der Waals surface area contributed by atoms with Crippen molar-refractivity contribution in [3.63, 3.8) is 0 Å². The summed E-state index contributed by atoms with van der Waals surface area (Å²) in [4.78, 5) is 28.2. The molecule has 27 heavy (non-hydrogen) atoms. The van der Waals surface area contributed by atoms with Gasteiger partial charge in [0.1, 0.15) is 13.2 Å². The average Bonchev–Trinajstić information content (AvgIpc) is 2.63. The molecule has 1 amide bonds. The van der Waals surface area contributed by atoms with Crippen LogP contribution in [-0.4, -0.2) is 36.2 Å². The van der Waals surface area contributed by atoms with E-state index in [9.17, 15) is 9.59 Å². The molecule has 0 saturated heterocycles. The fraction of sp³-hybridized carbons (Fsp3) is 0.278. The van der Waals surface area contributed by atoms with Crippen LogP contribution in [0.1, 0.15) is 12.5 Å². The van der Waals surface area contributed by atoms with Crippen molar-refractivity contribution >= 4 is 40.9 Å². The van der Waals surface area contributed by atoms with Crippen LogP contribution in [0.5, 0.6) is 11.5 Å². The third kappa shape index (κ3) is 5.02. The highest BCUT2D eigenvalue weighted by Crippen LogP contribution is 2.31. The Morgan fingerprint density at radius 3 is 2.70 bits per heavy atom. The topological polar surface area (TPSA) is 86.8 Å². The molecule has 142 valence electrons. The molecule has 1 aliphatic rings. The zero-order chi connectivity index (χ0) is 19.4. The van der Waals surface area contributed by atoms with Gasteiger partial charge in [0.2, 0.25) is 0 Å². The number of esters is 1. The van der Waals surface area contributed by atoms with E-state index in [1.54, 1.807) is 18.2 Å². The van der Waals surface area contributed by atoms with E-state index in [4.69, 9.17) is 37.4 Å². The van der Waals surface area contributed by atoms with Gasteiger partial charge in [-0.25, -0.2) is 4.98 Å². The number of nitrogens with zero attached hydrogens (tertiary/aromatic N) is 1. The minimum absolute atomic E-state index is 0.00574. The number of hydrogen-bond donors (Lipinski definition) is 1. The second kappa shape index (κ2) is 8.45. The minimum atomic E-state index is -1.02. The maximum absolute atomic E-state index is 12.2. The van der Waals surface area contributed by atoms with E-state index in [2.05, 4.69) is 10.3 Å². The summed E-state index contributed by atoms with van der Waals surface area (Å²) in [6.45, 7) is 2.41. The van der Waals surface area contributed by atoms with Crippen LogP contribution in [0.3, 0.4) is 0 Å². The standard InChI is InChI=1S/C18H16Cl2N2O5/c1-10(18(24)22-17-13(20)8-12(19)9-21-17)27-16(23)7-11-2-3-14-15(6-11)26-5-4-25-14/h2-3,6,8-10H,4-5,7H2,1H3,(H,21,22,24). The van der Waals surface area contributed by atoms with Gasteiger partial charge in [-0.1, -0.05) is 29.3 Å². The Morgan fingerprint density at radius 2 is 1.96 bits per heavy atom. The Bertz CT molecular complexity index is 875. The number of pyridine rings is 1. The lowest BCUT2D eigenvalue weighted by atomic mass is 10.1. The number of carbonyl (C=O) groups is 2. The molecule has 1 aromatic carbocycles. The zero-order valence-electron chi connectivity index (χ0n) is 14.3. The summed E-state index contributed by atoms with van der Waals surface area (Å²) < 4.78 is 16.1. The molecular weight excluding hydrogens is 395 g/mol. The van der Waals surface area contributed by atoms with Gasteiger partial charge in [-0.3, -0.25) is 9.59 Å². The van der Waals surface area contributed by atoms with Crippen molar-refractivity contribution in [2.45, 2.75) is 19.4 Å². The van der Waals surface area contributed by atoms with E-state index in [0.29, 0.717) is 35.3 Å². The van der Waals surface area contributed by atoms with E-state index >= 15 is 0 Å². The number of nitrogens with one attached hydrogen (secondary N) is 1. The Hall–Kier alpha value is -2.51. The van der Waals surface area contributed by atoms with Crippen molar-refractivity contribution in [3.05, 3.63) is 46.1 Å². The van der Waals surface area contributed by atoms with Crippen LogP contribution in [-0.2, 0) is 20.7 Å². The van der Waals surface area contributed by atoms with E-state index < -0.39 is 18.0 Å². The first-order valence-electron chi connectivity index (χ1n) is 8.12. The zero-order valence-corrected chi connectivity index (χ0v) is 15.8. The third-order valence-electron chi connectivity index (χ3n) is 3.68. The smallest absolute Gasteiger partial charge is 0.311 e. The molecule has 0 aliphatic carbocycles. The first-order valence-corrected chi connectivity index (χ1v) is 8.88. The summed E-state index contributed by atoms with van der Waals surface area (Å²) >= 11 is 11.7. The first-order chi connectivity index (χ1) is 12.9. The number of halogens is 2. The molecule has 1 aliphatic heterocycles. The van der Waals surface area contributed by atoms with Crippen LogP contribution in [0.4, 0.5) is 5.82 Å². The number of fused-ring (bicyclic) bond motifs is 1. The highest BCUT2D eigenvalue weighted by molar-refractivity contribution is 6.36. The second-order valence-electron chi connectivity index (χ2n) is 5.76. The van der Waals surface area contributed by atoms with E-state index in [-0.39, 0.29) is 17.3 Å². The third-order valence-corrected chi connectivity index (χ3v) is 4.18. The molecule has 0 radical (unpaired) electrons. The number of carbonyl (C=O) groups excluding carboxylic acids is 2. The molecular formula is C18H16Cl2N2O5. The van der Waals surface area contributed by atoms with E-state index in [0.717, 1.165) is 0 Å². The van der Waals surface area contributed by atoms with Crippen molar-refractivity contribution in [1.29, 1.82) is 0 Å². The van der Waals surface area contributed by atoms with Crippen molar-refractivity contribution in [1.82, 2.24) is 4.98 Å². The normalized spacial score (nSPS) is 13.6. The molecule has 1 unspecified atom stereocenters. The molecule has 0 saturated carbocycles. The number of ether oxygens (including phenoxy) is 3. The SMILES string of the molecule is CC(OC(=O)Cc1ccc2c(c1)OCCO2)C(=O)Nc1ncc(Cl)cc1Cl. The molecule has 2 heterocycles. The molecule has 0 spiro atoms. The van der Waals surface area contributed by atoms with Gasteiger partial charge in [0.25, 0.3) is 5.91 Å². The molecule has 0 bridgehead atoms. The van der Waals surface area contributed by atoms with Crippen LogP contribution in [0.25, 0.3) is 0 Å². The average molecular weight is 411 g/mol. The van der Waals surface area contributed by atoms with Gasteiger partial charge in [0.15, 0.2) is 23.4 Å². The Morgan fingerprint density at radius 1 is 1.22 bits per heavy atom. The maximum atomic E-state index is 12.2. The quantitative estimate of drug-likeness (QED) is 0.761. The fourth-order valence-electron chi connectivity index (χ4n) is 2.38. The summed E-state index contributed by atoms with van der Waals surface area (Å²) in [5, 5.41) is 3.02. The monoisotopic (exact) mass is 410 g/mol. The Balaban J connectivity index is 1.56. The van der Waals surface area contributed by atoms with Gasteiger partial charge in [-0.2, -0.15) is 0 Å². The first kappa shape index (κ1) is 19.3. The highest BCUT2D eigenvalue weighted by Gasteiger charge is 2.20. The molecule has 0 fully saturated rings. The van der Waals surface area contributed by atoms with Crippen molar-refractivity contribution in [3.8, 4) is 11.5 Å². The van der Waals surface area contributed by atoms with Crippen LogP contribution in [0, 0.1) is 0 Å². The number of rotatable bonds is 5. The lowest BCUT2D eigenvalue weighted by Gasteiger charge is -2.19. The molecule has 1 N–H and O–H groups in total. The highest BCUT2D eigenvalue weighted by atomic mass is 35.5. The van der Waals surface area contributed by atoms with Gasteiger partial charge in [0.05, 0.1) is 16.5 Å². The lowest BCUT2D eigenvalue weighted by molar-refractivity contribution is -0.152. The number of anilines is 1. The number of hydrogen-bond acceptors (Lipinski definition) is 6. The molecule has 9 heteroatoms. The molecule has 7 nitrogen and oxygen atoms in total. The predicted molar refractivity (Wildman–Crippen MR) is 99.6 cm³/mol. The van der Waals surface area contributed by atoms with Gasteiger partial charge in [0, 0.05) is 6.20 Å². The summed E-state index contributed by atoms with van der Waals surface area (Å²) in [6, 6.07) is 6.65. The van der Waals surface area contributed by atoms with Crippen LogP contribution in [0.2, 0.25) is 10.0 Å².